The summed E-state index contributed by atoms with van der Waals surface area (Å²) in [5.41, 5.74) is 2.76. The molecule has 0 spiro atoms. The molecule has 0 atom stereocenters. The minimum Gasteiger partial charge on any atom is -0.260 e. The molecular weight excluding hydrogens is 178 g/mol. The van der Waals surface area contributed by atoms with Gasteiger partial charge in [-0.25, -0.2) is 0 Å². The smallest absolute Gasteiger partial charge is 0.0309 e. The van der Waals surface area contributed by atoms with Crippen molar-refractivity contribution in [3.63, 3.8) is 0 Å². The van der Waals surface area contributed by atoms with Gasteiger partial charge in [0.2, 0.25) is 0 Å². The van der Waals surface area contributed by atoms with Gasteiger partial charge >= 0.3 is 0 Å². The first-order chi connectivity index (χ1) is 6.24. The summed E-state index contributed by atoms with van der Waals surface area (Å²) in [7, 11) is 0. The van der Waals surface area contributed by atoms with Crippen LogP contribution in [0.15, 0.2) is 24.3 Å². The third-order valence-electron chi connectivity index (χ3n) is 2.07. The van der Waals surface area contributed by atoms with E-state index < -0.39 is 0 Å². The molecule has 0 amide bonds. The molecule has 0 aliphatic carbocycles. The third-order valence-corrected chi connectivity index (χ3v) is 2.50. The van der Waals surface area contributed by atoms with E-state index in [2.05, 4.69) is 42.8 Å². The molecule has 0 heterocycles. The second-order valence-corrected chi connectivity index (χ2v) is 4.12. The Kier molecular flexibility index (Phi) is 4.33. The van der Waals surface area contributed by atoms with E-state index in [0.717, 1.165) is 6.54 Å². The lowest BCUT2D eigenvalue weighted by Crippen LogP contribution is -2.01. The van der Waals surface area contributed by atoms with Crippen LogP contribution in [0.2, 0.25) is 0 Å². The molecule has 2 heteroatoms. The van der Waals surface area contributed by atoms with Crippen LogP contribution in [0, 0.1) is 0 Å². The Bertz CT molecular complexity index is 241. The van der Waals surface area contributed by atoms with Gasteiger partial charge in [0.05, 0.1) is 0 Å². The SMILES string of the molecule is CSNCc1ccc(C(C)C)cc1. The van der Waals surface area contributed by atoms with Gasteiger partial charge in [-0.3, -0.25) is 4.72 Å². The molecule has 1 N–H and O–H groups in total. The number of nitrogens with one attached hydrogen (secondary N) is 1. The Labute approximate surface area is 85.1 Å². The van der Waals surface area contributed by atoms with Gasteiger partial charge in [0.25, 0.3) is 0 Å². The molecule has 0 unspecified atom stereocenters. The summed E-state index contributed by atoms with van der Waals surface area (Å²) in [6.45, 7) is 5.38. The van der Waals surface area contributed by atoms with E-state index in [1.807, 2.05) is 6.26 Å². The predicted octanol–water partition coefficient (Wildman–Crippen LogP) is 3.18. The van der Waals surface area contributed by atoms with Gasteiger partial charge in [0.1, 0.15) is 0 Å². The Morgan fingerprint density at radius 3 is 2.31 bits per heavy atom. The lowest BCUT2D eigenvalue weighted by atomic mass is 10.0. The van der Waals surface area contributed by atoms with Crippen molar-refractivity contribution in [2.75, 3.05) is 6.26 Å². The first-order valence-corrected chi connectivity index (χ1v) is 5.81. The van der Waals surface area contributed by atoms with Gasteiger partial charge < -0.3 is 0 Å². The van der Waals surface area contributed by atoms with Gasteiger partial charge in [0, 0.05) is 6.54 Å². The highest BCUT2D eigenvalue weighted by molar-refractivity contribution is 7.96. The monoisotopic (exact) mass is 195 g/mol. The van der Waals surface area contributed by atoms with Gasteiger partial charge in [-0.1, -0.05) is 50.1 Å². The highest BCUT2D eigenvalue weighted by atomic mass is 32.2. The van der Waals surface area contributed by atoms with Crippen LogP contribution < -0.4 is 4.72 Å². The molecule has 72 valence electrons. The Morgan fingerprint density at radius 1 is 1.23 bits per heavy atom. The minimum atomic E-state index is 0.627. The summed E-state index contributed by atoms with van der Waals surface area (Å²) in [6.07, 6.45) is 2.04. The summed E-state index contributed by atoms with van der Waals surface area (Å²) in [4.78, 5) is 0. The summed E-state index contributed by atoms with van der Waals surface area (Å²) < 4.78 is 3.23. The molecule has 0 aliphatic heterocycles. The van der Waals surface area contributed by atoms with Crippen molar-refractivity contribution in [2.45, 2.75) is 26.3 Å². The lowest BCUT2D eigenvalue weighted by molar-refractivity contribution is 0.863. The molecule has 1 nitrogen and oxygen atoms in total. The highest BCUT2D eigenvalue weighted by Gasteiger charge is 1.97. The quantitative estimate of drug-likeness (QED) is 0.741. The zero-order valence-corrected chi connectivity index (χ0v) is 9.32. The van der Waals surface area contributed by atoms with E-state index in [4.69, 9.17) is 0 Å². The molecule has 0 fully saturated rings. The molecule has 1 aromatic carbocycles. The summed E-state index contributed by atoms with van der Waals surface area (Å²) in [6, 6.07) is 8.81. The number of rotatable bonds is 4. The van der Waals surface area contributed by atoms with Crippen LogP contribution in [0.5, 0.6) is 0 Å². The third kappa shape index (κ3) is 3.41. The maximum Gasteiger partial charge on any atom is 0.0309 e. The molecule has 0 radical (unpaired) electrons. The van der Waals surface area contributed by atoms with Crippen LogP contribution in [0.4, 0.5) is 0 Å². The van der Waals surface area contributed by atoms with Crippen LogP contribution in [0.3, 0.4) is 0 Å². The molecule has 1 rings (SSSR count). The minimum absolute atomic E-state index is 0.627. The van der Waals surface area contributed by atoms with Crippen molar-refractivity contribution in [3.05, 3.63) is 35.4 Å². The molecule has 0 aromatic heterocycles. The fraction of sp³-hybridized carbons (Fsp3) is 0.455. The zero-order valence-electron chi connectivity index (χ0n) is 8.50. The number of hydrogen-bond donors (Lipinski definition) is 1. The van der Waals surface area contributed by atoms with Crippen LogP contribution >= 0.6 is 11.9 Å². The van der Waals surface area contributed by atoms with Crippen molar-refractivity contribution < 1.29 is 0 Å². The first-order valence-electron chi connectivity index (χ1n) is 4.58. The van der Waals surface area contributed by atoms with E-state index in [0.29, 0.717) is 5.92 Å². The van der Waals surface area contributed by atoms with Gasteiger partial charge in [0.15, 0.2) is 0 Å². The molecule has 1 aromatic rings. The normalized spacial score (nSPS) is 10.8. The zero-order chi connectivity index (χ0) is 9.68. The van der Waals surface area contributed by atoms with Crippen molar-refractivity contribution in [1.82, 2.24) is 4.72 Å². The average Bonchev–Trinajstić information content (AvgIpc) is 2.15. The van der Waals surface area contributed by atoms with E-state index in [9.17, 15) is 0 Å². The molecule has 0 saturated carbocycles. The van der Waals surface area contributed by atoms with Crippen molar-refractivity contribution in [3.8, 4) is 0 Å². The first kappa shape index (κ1) is 10.6. The van der Waals surface area contributed by atoms with Gasteiger partial charge in [-0.05, 0) is 23.3 Å². The van der Waals surface area contributed by atoms with Gasteiger partial charge in [-0.2, -0.15) is 0 Å². The molecule has 0 saturated heterocycles. The Balaban J connectivity index is 2.59. The number of benzene rings is 1. The van der Waals surface area contributed by atoms with Crippen molar-refractivity contribution in [1.29, 1.82) is 0 Å². The topological polar surface area (TPSA) is 12.0 Å². The van der Waals surface area contributed by atoms with E-state index in [1.165, 1.54) is 11.1 Å². The van der Waals surface area contributed by atoms with Crippen LogP contribution in [0.1, 0.15) is 30.9 Å². The fourth-order valence-corrected chi connectivity index (χ4v) is 1.49. The maximum absolute atomic E-state index is 3.23. The predicted molar refractivity (Wildman–Crippen MR) is 60.9 cm³/mol. The van der Waals surface area contributed by atoms with E-state index >= 15 is 0 Å². The van der Waals surface area contributed by atoms with Crippen molar-refractivity contribution in [2.24, 2.45) is 0 Å². The lowest BCUT2D eigenvalue weighted by Gasteiger charge is -2.06. The second kappa shape index (κ2) is 5.30. The van der Waals surface area contributed by atoms with Crippen molar-refractivity contribution >= 4 is 11.9 Å². The summed E-state index contributed by atoms with van der Waals surface area (Å²) >= 11 is 1.66. The summed E-state index contributed by atoms with van der Waals surface area (Å²) in [5, 5.41) is 0. The number of hydrogen-bond acceptors (Lipinski definition) is 2. The van der Waals surface area contributed by atoms with Crippen LogP contribution in [-0.2, 0) is 6.54 Å². The summed E-state index contributed by atoms with van der Waals surface area (Å²) in [5.74, 6) is 0.627. The van der Waals surface area contributed by atoms with E-state index in [-0.39, 0.29) is 0 Å². The van der Waals surface area contributed by atoms with Crippen LogP contribution in [0.25, 0.3) is 0 Å². The molecule has 0 bridgehead atoms. The highest BCUT2D eigenvalue weighted by Crippen LogP contribution is 2.14. The molecular formula is C11H17NS. The fourth-order valence-electron chi connectivity index (χ4n) is 1.18. The molecule has 13 heavy (non-hydrogen) atoms. The largest absolute Gasteiger partial charge is 0.260 e. The second-order valence-electron chi connectivity index (χ2n) is 3.42. The Hall–Kier alpha value is -0.470. The van der Waals surface area contributed by atoms with Crippen LogP contribution in [-0.4, -0.2) is 6.26 Å². The maximum atomic E-state index is 3.23. The average molecular weight is 195 g/mol. The Morgan fingerprint density at radius 2 is 1.85 bits per heavy atom. The standard InChI is InChI=1S/C11H17NS/c1-9(2)11-6-4-10(5-7-11)8-12-13-3/h4-7,9,12H,8H2,1-3H3. The van der Waals surface area contributed by atoms with E-state index in [1.54, 1.807) is 11.9 Å². The molecule has 0 aliphatic rings. The van der Waals surface area contributed by atoms with Gasteiger partial charge in [-0.15, -0.1) is 0 Å².